The second-order valence-electron chi connectivity index (χ2n) is 8.69. The summed E-state index contributed by atoms with van der Waals surface area (Å²) in [7, 11) is 0. The van der Waals surface area contributed by atoms with Crippen LogP contribution in [-0.2, 0) is 9.53 Å². The maximum atomic E-state index is 12.4. The maximum Gasteiger partial charge on any atom is 0.223 e. The van der Waals surface area contributed by atoms with Crippen molar-refractivity contribution >= 4 is 17.7 Å². The van der Waals surface area contributed by atoms with Crippen LogP contribution in [0.1, 0.15) is 38.5 Å². The number of likely N-dealkylation sites (tertiary alicyclic amines) is 1. The molecule has 25 heavy (non-hydrogen) atoms. The van der Waals surface area contributed by atoms with E-state index in [1.165, 1.54) is 43.7 Å². The van der Waals surface area contributed by atoms with E-state index < -0.39 is 0 Å². The SMILES string of the molecule is O=C(NC[C@H]1[C@H]2CN(C3CCSCC3)C[C@]23CC[C@H]1O3)C1CC=CC1. The van der Waals surface area contributed by atoms with Gasteiger partial charge in [0.25, 0.3) is 0 Å². The van der Waals surface area contributed by atoms with Crippen LogP contribution < -0.4 is 5.32 Å². The van der Waals surface area contributed by atoms with E-state index in [0.717, 1.165) is 32.0 Å². The zero-order valence-corrected chi connectivity index (χ0v) is 15.8. The van der Waals surface area contributed by atoms with Gasteiger partial charge in [0.05, 0.1) is 11.7 Å². The monoisotopic (exact) mass is 362 g/mol. The molecule has 5 heteroatoms. The summed E-state index contributed by atoms with van der Waals surface area (Å²) in [5, 5.41) is 3.27. The van der Waals surface area contributed by atoms with Crippen LogP contribution in [0.15, 0.2) is 12.2 Å². The van der Waals surface area contributed by atoms with E-state index in [9.17, 15) is 4.79 Å². The summed E-state index contributed by atoms with van der Waals surface area (Å²) in [6.45, 7) is 3.15. The molecule has 5 aliphatic rings. The van der Waals surface area contributed by atoms with Gasteiger partial charge in [0.15, 0.2) is 0 Å². The minimum absolute atomic E-state index is 0.111. The van der Waals surface area contributed by atoms with Crippen molar-refractivity contribution in [3.05, 3.63) is 12.2 Å². The lowest BCUT2D eigenvalue weighted by Gasteiger charge is -2.32. The van der Waals surface area contributed by atoms with E-state index in [1.807, 2.05) is 0 Å². The van der Waals surface area contributed by atoms with Crippen molar-refractivity contribution in [2.75, 3.05) is 31.1 Å². The summed E-state index contributed by atoms with van der Waals surface area (Å²) < 4.78 is 6.56. The first-order valence-corrected chi connectivity index (χ1v) is 11.3. The molecule has 4 nitrogen and oxygen atoms in total. The third-order valence-electron chi connectivity index (χ3n) is 7.41. The summed E-state index contributed by atoms with van der Waals surface area (Å²) in [5.41, 5.74) is 0.111. The zero-order chi connectivity index (χ0) is 16.9. The molecule has 1 spiro atoms. The van der Waals surface area contributed by atoms with Gasteiger partial charge in [-0.05, 0) is 50.0 Å². The summed E-state index contributed by atoms with van der Waals surface area (Å²) in [6.07, 6.45) is 11.6. The van der Waals surface area contributed by atoms with Crippen LogP contribution in [0.5, 0.6) is 0 Å². The van der Waals surface area contributed by atoms with E-state index in [2.05, 4.69) is 34.1 Å². The Bertz CT molecular complexity index is 554. The van der Waals surface area contributed by atoms with Gasteiger partial charge in [0.2, 0.25) is 5.91 Å². The number of nitrogens with one attached hydrogen (secondary N) is 1. The first kappa shape index (κ1) is 16.6. The van der Waals surface area contributed by atoms with Crippen LogP contribution in [0.3, 0.4) is 0 Å². The first-order chi connectivity index (χ1) is 12.3. The Morgan fingerprint density at radius 2 is 2.04 bits per heavy atom. The van der Waals surface area contributed by atoms with Crippen molar-refractivity contribution in [3.8, 4) is 0 Å². The van der Waals surface area contributed by atoms with Gasteiger partial charge in [-0.25, -0.2) is 0 Å². The molecule has 138 valence electrons. The standard InChI is InChI=1S/C20H30N2O2S/c23-19(14-3-1-2-4-14)21-11-16-17-12-22(15-6-9-25-10-7-15)13-20(17)8-5-18(16)24-20/h1-2,14-18H,3-13H2,(H,21,23)/t16-,17+,18+,20+/m0/s1. The quantitative estimate of drug-likeness (QED) is 0.780. The second-order valence-corrected chi connectivity index (χ2v) is 9.91. The van der Waals surface area contributed by atoms with Crippen LogP contribution in [-0.4, -0.2) is 59.7 Å². The molecule has 5 rings (SSSR count). The van der Waals surface area contributed by atoms with Gasteiger partial charge in [-0.15, -0.1) is 0 Å². The fourth-order valence-corrected chi connectivity index (χ4v) is 7.10. The van der Waals surface area contributed by atoms with Crippen molar-refractivity contribution in [1.82, 2.24) is 10.2 Å². The van der Waals surface area contributed by atoms with Crippen LogP contribution >= 0.6 is 11.8 Å². The number of fused-ring (bicyclic) bond motifs is 1. The Balaban J connectivity index is 1.23. The lowest BCUT2D eigenvalue weighted by molar-refractivity contribution is -0.125. The molecule has 0 aromatic carbocycles. The fourth-order valence-electron chi connectivity index (χ4n) is 6.02. The highest BCUT2D eigenvalue weighted by atomic mass is 32.2. The van der Waals surface area contributed by atoms with Crippen molar-refractivity contribution in [2.24, 2.45) is 17.8 Å². The molecule has 1 N–H and O–H groups in total. The minimum Gasteiger partial charge on any atom is -0.370 e. The number of amides is 1. The van der Waals surface area contributed by atoms with E-state index >= 15 is 0 Å². The predicted molar refractivity (Wildman–Crippen MR) is 101 cm³/mol. The summed E-state index contributed by atoms with van der Waals surface area (Å²) in [4.78, 5) is 15.1. The van der Waals surface area contributed by atoms with Crippen molar-refractivity contribution < 1.29 is 9.53 Å². The van der Waals surface area contributed by atoms with Crippen molar-refractivity contribution in [3.63, 3.8) is 0 Å². The van der Waals surface area contributed by atoms with Gasteiger partial charge in [-0.2, -0.15) is 11.8 Å². The number of thioether (sulfide) groups is 1. The molecule has 4 aliphatic heterocycles. The molecular formula is C20H30N2O2S. The summed E-state index contributed by atoms with van der Waals surface area (Å²) in [5.74, 6) is 4.21. The fraction of sp³-hybridized carbons (Fsp3) is 0.850. The van der Waals surface area contributed by atoms with E-state index in [0.29, 0.717) is 17.9 Å². The average Bonchev–Trinajstić information content (AvgIpc) is 3.40. The number of hydrogen-bond donors (Lipinski definition) is 1. The highest BCUT2D eigenvalue weighted by Gasteiger charge is 2.63. The number of hydrogen-bond acceptors (Lipinski definition) is 4. The first-order valence-electron chi connectivity index (χ1n) is 10.2. The highest BCUT2D eigenvalue weighted by Crippen LogP contribution is 2.55. The average molecular weight is 363 g/mol. The van der Waals surface area contributed by atoms with Gasteiger partial charge in [0.1, 0.15) is 0 Å². The zero-order valence-electron chi connectivity index (χ0n) is 15.0. The molecule has 0 radical (unpaired) electrons. The van der Waals surface area contributed by atoms with E-state index in [1.54, 1.807) is 0 Å². The van der Waals surface area contributed by atoms with Crippen LogP contribution in [0.4, 0.5) is 0 Å². The molecule has 0 aromatic heterocycles. The Labute approximate surface area is 155 Å². The van der Waals surface area contributed by atoms with Gasteiger partial charge >= 0.3 is 0 Å². The molecule has 1 amide bonds. The van der Waals surface area contributed by atoms with Crippen LogP contribution in [0.25, 0.3) is 0 Å². The number of rotatable bonds is 4. The van der Waals surface area contributed by atoms with Gasteiger partial charge in [-0.3, -0.25) is 9.69 Å². The van der Waals surface area contributed by atoms with Crippen molar-refractivity contribution in [1.29, 1.82) is 0 Å². The third kappa shape index (κ3) is 2.87. The number of ether oxygens (including phenoxy) is 1. The van der Waals surface area contributed by atoms with Crippen LogP contribution in [0.2, 0.25) is 0 Å². The number of carbonyl (C=O) groups is 1. The topological polar surface area (TPSA) is 41.6 Å². The molecule has 4 heterocycles. The number of nitrogens with zero attached hydrogens (tertiary/aromatic N) is 1. The number of allylic oxidation sites excluding steroid dienone is 2. The number of carbonyl (C=O) groups excluding carboxylic acids is 1. The molecule has 4 saturated heterocycles. The van der Waals surface area contributed by atoms with Gasteiger partial charge in [-0.1, -0.05) is 12.2 Å². The largest absolute Gasteiger partial charge is 0.370 e. The molecule has 0 saturated carbocycles. The molecule has 2 bridgehead atoms. The molecule has 1 aliphatic carbocycles. The molecular weight excluding hydrogens is 332 g/mol. The molecule has 4 atom stereocenters. The third-order valence-corrected chi connectivity index (χ3v) is 8.46. The lowest BCUT2D eigenvalue weighted by atomic mass is 9.73. The minimum atomic E-state index is 0.111. The molecule has 4 fully saturated rings. The summed E-state index contributed by atoms with van der Waals surface area (Å²) in [6, 6.07) is 0.767. The van der Waals surface area contributed by atoms with Gasteiger partial charge in [0, 0.05) is 43.4 Å². The normalized spacial score (nSPS) is 41.5. The Kier molecular flexibility index (Phi) is 4.38. The highest BCUT2D eigenvalue weighted by molar-refractivity contribution is 7.99. The van der Waals surface area contributed by atoms with E-state index in [4.69, 9.17) is 4.74 Å². The Morgan fingerprint density at radius 1 is 1.24 bits per heavy atom. The van der Waals surface area contributed by atoms with E-state index in [-0.39, 0.29) is 17.4 Å². The maximum absolute atomic E-state index is 12.4. The molecule has 0 aromatic rings. The van der Waals surface area contributed by atoms with Gasteiger partial charge < -0.3 is 10.1 Å². The van der Waals surface area contributed by atoms with Crippen molar-refractivity contribution in [2.45, 2.75) is 56.3 Å². The smallest absolute Gasteiger partial charge is 0.223 e. The Hall–Kier alpha value is -0.520. The predicted octanol–water partition coefficient (Wildman–Crippen LogP) is 2.44. The van der Waals surface area contributed by atoms with Crippen LogP contribution in [0, 0.1) is 17.8 Å². The molecule has 0 unspecified atom stereocenters. The summed E-state index contributed by atoms with van der Waals surface area (Å²) >= 11 is 2.11. The Morgan fingerprint density at radius 3 is 2.84 bits per heavy atom. The lowest BCUT2D eigenvalue weighted by Crippen LogP contribution is -2.43. The second kappa shape index (κ2) is 6.58.